The molecule has 10 nitrogen and oxygen atoms in total. The average Bonchev–Trinajstić information content (AvgIpc) is 3.70. The van der Waals surface area contributed by atoms with E-state index in [4.69, 9.17) is 5.11 Å². The van der Waals surface area contributed by atoms with Crippen LogP contribution in [0.25, 0.3) is 0 Å². The summed E-state index contributed by atoms with van der Waals surface area (Å²) in [5, 5.41) is 35.2. The molecule has 2 amide bonds. The molecule has 0 spiro atoms. The number of nitrogens with one attached hydrogen (secondary N) is 2. The van der Waals surface area contributed by atoms with E-state index in [-0.39, 0.29) is 31.0 Å². The maximum atomic E-state index is 13.8. The van der Waals surface area contributed by atoms with Gasteiger partial charge >= 0.3 is 0 Å². The third-order valence-electron chi connectivity index (χ3n) is 7.65. The second-order valence-corrected chi connectivity index (χ2v) is 10.5. The molecule has 0 radical (unpaired) electrons. The number of aryl methyl sites for hydroxylation is 1. The highest BCUT2D eigenvalue weighted by atomic mass is 16.3. The molecule has 2 aliphatic heterocycles. The smallest absolute Gasteiger partial charge is 0.264 e. The summed E-state index contributed by atoms with van der Waals surface area (Å²) in [5.74, 6) is -0.904. The van der Waals surface area contributed by atoms with Gasteiger partial charge in [0.1, 0.15) is 0 Å². The summed E-state index contributed by atoms with van der Waals surface area (Å²) >= 11 is 0. The molecule has 2 aromatic carbocycles. The molecule has 3 aromatic rings. The number of anilines is 2. The summed E-state index contributed by atoms with van der Waals surface area (Å²) in [4.78, 5) is 28.0. The van der Waals surface area contributed by atoms with E-state index in [1.54, 1.807) is 15.6 Å². The van der Waals surface area contributed by atoms with Gasteiger partial charge in [0, 0.05) is 42.9 Å². The fraction of sp³-hybridized carbons (Fsp3) is 0.400. The molecule has 0 unspecified atom stereocenters. The summed E-state index contributed by atoms with van der Waals surface area (Å²) in [6, 6.07) is 14.7. The zero-order valence-corrected chi connectivity index (χ0v) is 22.7. The van der Waals surface area contributed by atoms with Crippen LogP contribution in [0.2, 0.25) is 0 Å². The summed E-state index contributed by atoms with van der Waals surface area (Å²) in [6.07, 6.45) is 8.55. The number of aliphatic hydroxyl groups excluding tert-OH is 1. The zero-order valence-electron chi connectivity index (χ0n) is 22.7. The van der Waals surface area contributed by atoms with Crippen molar-refractivity contribution in [3.8, 4) is 0 Å². The maximum absolute atomic E-state index is 13.8. The standard InChI is InChI=1S/C30H36N6O4/c1-21(8-4-5-16-35-20-24(14-17-37)33-34-35)30(40)25-11-2-3-13-27(25)36(29(30)39)19-22-9-6-10-23(18-22)32-28(38)26-12-7-15-31-26/h2-4,6,8-11,13,18,20-21,26,31,37,40H,5,7,12,14-17,19H2,1H3,(H,32,38)/b8-4+/t21-,26+,30+/m0/s1. The Balaban J connectivity index is 1.28. The summed E-state index contributed by atoms with van der Waals surface area (Å²) in [6.45, 7) is 3.58. The number of allylic oxidation sites excluding steroid dienone is 1. The third-order valence-corrected chi connectivity index (χ3v) is 7.65. The fourth-order valence-corrected chi connectivity index (χ4v) is 5.45. The van der Waals surface area contributed by atoms with Gasteiger partial charge in [0.15, 0.2) is 5.60 Å². The minimum Gasteiger partial charge on any atom is -0.396 e. The number of benzene rings is 2. The lowest BCUT2D eigenvalue weighted by Gasteiger charge is -2.27. The van der Waals surface area contributed by atoms with Crippen LogP contribution in [0.1, 0.15) is 43.0 Å². The molecule has 3 atom stereocenters. The molecule has 0 bridgehead atoms. The maximum Gasteiger partial charge on any atom is 0.264 e. The molecule has 5 rings (SSSR count). The molecule has 10 heteroatoms. The van der Waals surface area contributed by atoms with Gasteiger partial charge in [-0.1, -0.05) is 54.6 Å². The monoisotopic (exact) mass is 544 g/mol. The molecule has 3 heterocycles. The SMILES string of the molecule is C[C@@H](/C=C/CCn1cc(CCO)nn1)[C@]1(O)C(=O)N(Cc2cccc(NC(=O)[C@H]3CCCN3)c2)c2ccccc21. The van der Waals surface area contributed by atoms with Crippen LogP contribution in [0.4, 0.5) is 11.4 Å². The largest absolute Gasteiger partial charge is 0.396 e. The van der Waals surface area contributed by atoms with Gasteiger partial charge in [-0.05, 0) is 49.6 Å². The van der Waals surface area contributed by atoms with Crippen molar-refractivity contribution in [2.75, 3.05) is 23.4 Å². The topological polar surface area (TPSA) is 133 Å². The van der Waals surface area contributed by atoms with E-state index in [0.717, 1.165) is 30.6 Å². The minimum atomic E-state index is -1.70. The lowest BCUT2D eigenvalue weighted by Crippen LogP contribution is -2.44. The highest BCUT2D eigenvalue weighted by molar-refractivity contribution is 6.07. The van der Waals surface area contributed by atoms with Gasteiger partial charge in [0.2, 0.25) is 5.91 Å². The Hall–Kier alpha value is -3.86. The van der Waals surface area contributed by atoms with Crippen molar-refractivity contribution in [2.24, 2.45) is 5.92 Å². The van der Waals surface area contributed by atoms with E-state index in [9.17, 15) is 14.7 Å². The van der Waals surface area contributed by atoms with Crippen molar-refractivity contribution >= 4 is 23.2 Å². The molecule has 4 N–H and O–H groups in total. The van der Waals surface area contributed by atoms with E-state index >= 15 is 0 Å². The van der Waals surface area contributed by atoms with Gasteiger partial charge in [-0.15, -0.1) is 5.10 Å². The van der Waals surface area contributed by atoms with Crippen molar-refractivity contribution in [3.63, 3.8) is 0 Å². The molecule has 2 aliphatic rings. The zero-order chi connectivity index (χ0) is 28.1. The van der Waals surface area contributed by atoms with Gasteiger partial charge < -0.3 is 25.7 Å². The predicted octanol–water partition coefficient (Wildman–Crippen LogP) is 2.52. The van der Waals surface area contributed by atoms with Crippen LogP contribution in [-0.4, -0.2) is 56.2 Å². The number of aliphatic hydroxyl groups is 2. The lowest BCUT2D eigenvalue weighted by molar-refractivity contribution is -0.139. The second-order valence-electron chi connectivity index (χ2n) is 10.5. The van der Waals surface area contributed by atoms with E-state index in [2.05, 4.69) is 20.9 Å². The fourth-order valence-electron chi connectivity index (χ4n) is 5.45. The van der Waals surface area contributed by atoms with Crippen LogP contribution in [0.5, 0.6) is 0 Å². The van der Waals surface area contributed by atoms with Crippen molar-refractivity contribution in [3.05, 3.63) is 83.7 Å². The summed E-state index contributed by atoms with van der Waals surface area (Å²) in [7, 11) is 0. The van der Waals surface area contributed by atoms with Gasteiger partial charge in [-0.25, -0.2) is 0 Å². The third kappa shape index (κ3) is 5.70. The van der Waals surface area contributed by atoms with Gasteiger partial charge in [0.05, 0.1) is 24.0 Å². The average molecular weight is 545 g/mol. The van der Waals surface area contributed by atoms with Crippen molar-refractivity contribution in [1.82, 2.24) is 20.3 Å². The van der Waals surface area contributed by atoms with Gasteiger partial charge in [0.25, 0.3) is 5.91 Å². The van der Waals surface area contributed by atoms with Crippen LogP contribution in [0.15, 0.2) is 66.9 Å². The number of para-hydroxylation sites is 1. The first kappa shape index (κ1) is 27.7. The number of nitrogens with zero attached hydrogens (tertiary/aromatic N) is 4. The van der Waals surface area contributed by atoms with Crippen LogP contribution >= 0.6 is 0 Å². The van der Waals surface area contributed by atoms with E-state index < -0.39 is 11.5 Å². The Morgan fingerprint density at radius 1 is 1.27 bits per heavy atom. The number of hydrogen-bond acceptors (Lipinski definition) is 7. The quantitative estimate of drug-likeness (QED) is 0.273. The van der Waals surface area contributed by atoms with Crippen molar-refractivity contribution in [2.45, 2.75) is 57.3 Å². The van der Waals surface area contributed by atoms with Crippen LogP contribution in [0, 0.1) is 5.92 Å². The first-order valence-electron chi connectivity index (χ1n) is 13.8. The molecule has 0 saturated carbocycles. The Morgan fingerprint density at radius 3 is 2.92 bits per heavy atom. The number of amides is 2. The van der Waals surface area contributed by atoms with Crippen LogP contribution in [0.3, 0.4) is 0 Å². The number of fused-ring (bicyclic) bond motifs is 1. The summed E-state index contributed by atoms with van der Waals surface area (Å²) < 4.78 is 1.72. The van der Waals surface area contributed by atoms with Gasteiger partial charge in [-0.3, -0.25) is 14.3 Å². The molecular formula is C30H36N6O4. The number of aromatic nitrogens is 3. The Bertz CT molecular complexity index is 1380. The molecular weight excluding hydrogens is 508 g/mol. The van der Waals surface area contributed by atoms with E-state index in [1.165, 1.54) is 0 Å². The molecule has 210 valence electrons. The van der Waals surface area contributed by atoms with Crippen molar-refractivity contribution < 1.29 is 19.8 Å². The molecule has 1 saturated heterocycles. The molecule has 1 aromatic heterocycles. The number of carbonyl (C=O) groups is 2. The predicted molar refractivity (Wildman–Crippen MR) is 151 cm³/mol. The van der Waals surface area contributed by atoms with Crippen molar-refractivity contribution in [1.29, 1.82) is 0 Å². The number of rotatable bonds is 11. The molecule has 40 heavy (non-hydrogen) atoms. The first-order chi connectivity index (χ1) is 19.4. The normalized spacial score (nSPS) is 21.2. The Labute approximate surface area is 233 Å². The molecule has 1 fully saturated rings. The minimum absolute atomic E-state index is 0.0291. The summed E-state index contributed by atoms with van der Waals surface area (Å²) in [5.41, 5.74) is 1.83. The lowest BCUT2D eigenvalue weighted by atomic mass is 9.83. The first-order valence-corrected chi connectivity index (χ1v) is 13.8. The van der Waals surface area contributed by atoms with Crippen LogP contribution < -0.4 is 15.5 Å². The van der Waals surface area contributed by atoms with Gasteiger partial charge in [-0.2, -0.15) is 0 Å². The highest BCUT2D eigenvalue weighted by Crippen LogP contribution is 2.45. The number of carbonyl (C=O) groups excluding carboxylic acids is 2. The Kier molecular flexibility index (Phi) is 8.39. The Morgan fingerprint density at radius 2 is 2.12 bits per heavy atom. The highest BCUT2D eigenvalue weighted by Gasteiger charge is 2.52. The van der Waals surface area contributed by atoms with E-state index in [0.29, 0.717) is 36.3 Å². The van der Waals surface area contributed by atoms with E-state index in [1.807, 2.05) is 67.7 Å². The second kappa shape index (κ2) is 12.1. The molecule has 0 aliphatic carbocycles. The van der Waals surface area contributed by atoms with Crippen LogP contribution in [-0.2, 0) is 34.7 Å². The number of hydrogen-bond donors (Lipinski definition) is 4.